The molecule has 0 spiro atoms. The van der Waals surface area contributed by atoms with Crippen molar-refractivity contribution in [3.05, 3.63) is 137 Å². The zero-order valence-corrected chi connectivity index (χ0v) is 22.8. The molecule has 4 aromatic carbocycles. The predicted octanol–water partition coefficient (Wildman–Crippen LogP) is 6.97. The molecular formula is C33H31ClN2O4. The van der Waals surface area contributed by atoms with E-state index in [1.165, 1.54) is 0 Å². The van der Waals surface area contributed by atoms with E-state index < -0.39 is 18.4 Å². The van der Waals surface area contributed by atoms with Crippen molar-refractivity contribution in [2.24, 2.45) is 0 Å². The molecule has 1 aliphatic heterocycles. The van der Waals surface area contributed by atoms with E-state index >= 15 is 0 Å². The number of ether oxygens (including phenoxy) is 4. The summed E-state index contributed by atoms with van der Waals surface area (Å²) in [6.45, 7) is 1.63. The maximum atomic E-state index is 6.68. The maximum Gasteiger partial charge on any atom is 0.180 e. The van der Waals surface area contributed by atoms with Crippen LogP contribution in [0.1, 0.15) is 22.9 Å². The van der Waals surface area contributed by atoms with Gasteiger partial charge < -0.3 is 18.9 Å². The average Bonchev–Trinajstić information content (AvgIpc) is 3.53. The van der Waals surface area contributed by atoms with Gasteiger partial charge in [-0.3, -0.25) is 0 Å². The topological polar surface area (TPSA) is 54.7 Å². The monoisotopic (exact) mass is 554 g/mol. The van der Waals surface area contributed by atoms with Gasteiger partial charge in [0.2, 0.25) is 0 Å². The lowest BCUT2D eigenvalue weighted by atomic mass is 10.1. The first-order chi connectivity index (χ1) is 19.8. The molecule has 0 bridgehead atoms. The molecule has 0 N–H and O–H groups in total. The van der Waals surface area contributed by atoms with E-state index in [9.17, 15) is 0 Å². The molecule has 0 unspecified atom stereocenters. The highest BCUT2D eigenvalue weighted by atomic mass is 35.5. The van der Waals surface area contributed by atoms with Gasteiger partial charge >= 0.3 is 0 Å². The number of aromatic nitrogens is 2. The number of benzene rings is 4. The molecule has 5 aromatic rings. The SMILES string of the molecule is Clc1nn([C@H]2O[C@H](COCc3ccccc3)[C@@H](OCc3ccccc3)[C@@H]2OCc2ccccc2)c2ccccc12. The van der Waals surface area contributed by atoms with E-state index in [1.807, 2.05) is 108 Å². The lowest BCUT2D eigenvalue weighted by molar-refractivity contribution is -0.0925. The molecule has 40 heavy (non-hydrogen) atoms. The minimum Gasteiger partial charge on any atom is -0.374 e. The Morgan fingerprint density at radius 2 is 1.18 bits per heavy atom. The second-order valence-corrected chi connectivity index (χ2v) is 10.2. The van der Waals surface area contributed by atoms with Crippen molar-refractivity contribution < 1.29 is 18.9 Å². The maximum absolute atomic E-state index is 6.68. The van der Waals surface area contributed by atoms with Gasteiger partial charge in [-0.1, -0.05) is 115 Å². The number of hydrogen-bond donors (Lipinski definition) is 0. The Hall–Kier alpha value is -3.52. The van der Waals surface area contributed by atoms with Crippen LogP contribution in [0.15, 0.2) is 115 Å². The Morgan fingerprint density at radius 3 is 1.80 bits per heavy atom. The van der Waals surface area contributed by atoms with Crippen molar-refractivity contribution in [3.63, 3.8) is 0 Å². The van der Waals surface area contributed by atoms with Gasteiger partial charge in [0.1, 0.15) is 18.3 Å². The Kier molecular flexibility index (Phi) is 8.52. The van der Waals surface area contributed by atoms with Crippen molar-refractivity contribution in [2.75, 3.05) is 6.61 Å². The summed E-state index contributed by atoms with van der Waals surface area (Å²) >= 11 is 6.56. The van der Waals surface area contributed by atoms with Gasteiger partial charge in [-0.25, -0.2) is 4.68 Å². The normalized spacial score (nSPS) is 20.7. The van der Waals surface area contributed by atoms with E-state index in [-0.39, 0.29) is 6.10 Å². The quantitative estimate of drug-likeness (QED) is 0.176. The Balaban J connectivity index is 1.30. The number of para-hydroxylation sites is 1. The van der Waals surface area contributed by atoms with Crippen LogP contribution >= 0.6 is 11.6 Å². The van der Waals surface area contributed by atoms with Crippen molar-refractivity contribution in [1.29, 1.82) is 0 Å². The third-order valence-corrected chi connectivity index (χ3v) is 7.34. The van der Waals surface area contributed by atoms with Gasteiger partial charge in [0.05, 0.1) is 31.9 Å². The second-order valence-electron chi connectivity index (χ2n) is 9.84. The lowest BCUT2D eigenvalue weighted by Gasteiger charge is -2.25. The van der Waals surface area contributed by atoms with Crippen molar-refractivity contribution in [3.8, 4) is 0 Å². The summed E-state index contributed by atoms with van der Waals surface area (Å²) in [6.07, 6.45) is -1.83. The zero-order chi connectivity index (χ0) is 27.1. The summed E-state index contributed by atoms with van der Waals surface area (Å²) in [5.41, 5.74) is 4.11. The number of halogens is 1. The third-order valence-electron chi connectivity index (χ3n) is 7.06. The Morgan fingerprint density at radius 1 is 0.650 bits per heavy atom. The summed E-state index contributed by atoms with van der Waals surface area (Å²) in [7, 11) is 0. The average molecular weight is 555 g/mol. The van der Waals surface area contributed by atoms with E-state index in [4.69, 9.17) is 30.5 Å². The number of rotatable bonds is 11. The van der Waals surface area contributed by atoms with Gasteiger partial charge in [0, 0.05) is 5.39 Å². The van der Waals surface area contributed by atoms with Crippen LogP contribution in [0.2, 0.25) is 5.15 Å². The summed E-state index contributed by atoms with van der Waals surface area (Å²) in [5.74, 6) is 0. The van der Waals surface area contributed by atoms with Crippen LogP contribution in [0.3, 0.4) is 0 Å². The Labute approximate surface area is 239 Å². The fraction of sp³-hybridized carbons (Fsp3) is 0.242. The molecule has 1 fully saturated rings. The molecule has 1 saturated heterocycles. The van der Waals surface area contributed by atoms with E-state index in [1.54, 1.807) is 0 Å². The highest BCUT2D eigenvalue weighted by Crippen LogP contribution is 2.38. The summed E-state index contributed by atoms with van der Waals surface area (Å²) in [4.78, 5) is 0. The van der Waals surface area contributed by atoms with Crippen molar-refractivity contribution >= 4 is 22.5 Å². The largest absolute Gasteiger partial charge is 0.374 e. The highest BCUT2D eigenvalue weighted by Gasteiger charge is 2.48. The van der Waals surface area contributed by atoms with Crippen LogP contribution in [0.5, 0.6) is 0 Å². The number of hydrogen-bond acceptors (Lipinski definition) is 5. The molecule has 1 aromatic heterocycles. The van der Waals surface area contributed by atoms with E-state index in [2.05, 4.69) is 17.2 Å². The molecule has 2 heterocycles. The minimum absolute atomic E-state index is 0.336. The molecule has 6 rings (SSSR count). The fourth-order valence-corrected chi connectivity index (χ4v) is 5.30. The molecule has 204 valence electrons. The van der Waals surface area contributed by atoms with Gasteiger partial charge in [-0.15, -0.1) is 0 Å². The van der Waals surface area contributed by atoms with Crippen LogP contribution in [0.4, 0.5) is 0 Å². The molecule has 0 amide bonds. The van der Waals surface area contributed by atoms with Crippen LogP contribution in [0, 0.1) is 0 Å². The van der Waals surface area contributed by atoms with Gasteiger partial charge in [0.25, 0.3) is 0 Å². The molecule has 7 heteroatoms. The highest BCUT2D eigenvalue weighted by molar-refractivity contribution is 6.34. The molecule has 6 nitrogen and oxygen atoms in total. The van der Waals surface area contributed by atoms with Crippen LogP contribution in [-0.4, -0.2) is 34.7 Å². The van der Waals surface area contributed by atoms with Gasteiger partial charge in [0.15, 0.2) is 11.4 Å². The standard InChI is InChI=1S/C33H31ClN2O4/c34-32-27-18-10-11-19-28(27)36(35-32)33-31(39-22-26-16-8-3-9-17-26)30(38-21-25-14-6-2-7-15-25)29(40-33)23-37-20-24-12-4-1-5-13-24/h1-19,29-31,33H,20-23H2/t29-,30-,31+,33+/m1/s1. The summed E-state index contributed by atoms with van der Waals surface area (Å²) < 4.78 is 27.8. The molecule has 0 aliphatic carbocycles. The summed E-state index contributed by atoms with van der Waals surface area (Å²) in [6, 6.07) is 38.2. The first kappa shape index (κ1) is 26.7. The smallest absolute Gasteiger partial charge is 0.180 e. The molecule has 0 radical (unpaired) electrons. The first-order valence-electron chi connectivity index (χ1n) is 13.5. The number of nitrogens with zero attached hydrogens (tertiary/aromatic N) is 2. The van der Waals surface area contributed by atoms with Crippen LogP contribution in [-0.2, 0) is 38.8 Å². The zero-order valence-electron chi connectivity index (χ0n) is 22.0. The lowest BCUT2D eigenvalue weighted by Crippen LogP contribution is -2.38. The Bertz CT molecular complexity index is 1500. The molecule has 0 saturated carbocycles. The molecule has 4 atom stereocenters. The summed E-state index contributed by atoms with van der Waals surface area (Å²) in [5, 5.41) is 5.96. The predicted molar refractivity (Wildman–Crippen MR) is 155 cm³/mol. The van der Waals surface area contributed by atoms with Crippen LogP contribution in [0.25, 0.3) is 10.9 Å². The van der Waals surface area contributed by atoms with E-state index in [0.717, 1.165) is 27.6 Å². The van der Waals surface area contributed by atoms with Gasteiger partial charge in [-0.05, 0) is 28.8 Å². The number of fused-ring (bicyclic) bond motifs is 1. The van der Waals surface area contributed by atoms with E-state index in [0.29, 0.717) is 31.6 Å². The van der Waals surface area contributed by atoms with Crippen molar-refractivity contribution in [2.45, 2.75) is 44.4 Å². The van der Waals surface area contributed by atoms with Gasteiger partial charge in [-0.2, -0.15) is 5.10 Å². The van der Waals surface area contributed by atoms with Crippen molar-refractivity contribution in [1.82, 2.24) is 9.78 Å². The molecule has 1 aliphatic rings. The fourth-order valence-electron chi connectivity index (χ4n) is 5.06. The second kappa shape index (κ2) is 12.8. The van der Waals surface area contributed by atoms with Crippen LogP contribution < -0.4 is 0 Å². The minimum atomic E-state index is -0.563. The molecular weight excluding hydrogens is 524 g/mol. The first-order valence-corrected chi connectivity index (χ1v) is 13.8. The third kappa shape index (κ3) is 6.12.